The molecule has 2 aromatic heterocycles. The number of nitrogens with zero attached hydrogens (tertiary/aromatic N) is 4. The standard InChI is InChI=1S/C24H25FN6O2S/c25-18-4-3-5-19(14-18)31-23(30-10-12-33-13-11-30)28-29-24(31)34-16-22(32)26-9-8-17-15-27-21-7-2-1-6-20(17)21/h1-7,14-15,27H,8-13,16H2,(H,26,32). The van der Waals surface area contributed by atoms with Crippen molar-refractivity contribution in [1.82, 2.24) is 25.1 Å². The molecule has 1 aliphatic rings. The fraction of sp³-hybridized carbons (Fsp3) is 0.292. The molecule has 10 heteroatoms. The SMILES string of the molecule is O=C(CSc1nnc(N2CCOCC2)n1-c1cccc(F)c1)NCCc1c[nH]c2ccccc12. The average molecular weight is 481 g/mol. The molecule has 2 aromatic carbocycles. The molecule has 2 N–H and O–H groups in total. The average Bonchev–Trinajstić information content (AvgIpc) is 3.48. The van der Waals surface area contributed by atoms with Crippen LogP contribution in [0.25, 0.3) is 16.6 Å². The number of thioether (sulfide) groups is 1. The van der Waals surface area contributed by atoms with Crippen LogP contribution in [0.2, 0.25) is 0 Å². The van der Waals surface area contributed by atoms with Crippen LogP contribution in [-0.2, 0) is 16.0 Å². The first-order valence-corrected chi connectivity index (χ1v) is 12.2. The van der Waals surface area contributed by atoms with Gasteiger partial charge in [-0.05, 0) is 36.2 Å². The first-order chi connectivity index (χ1) is 16.7. The van der Waals surface area contributed by atoms with Gasteiger partial charge in [-0.15, -0.1) is 10.2 Å². The Morgan fingerprint density at radius 3 is 2.85 bits per heavy atom. The van der Waals surface area contributed by atoms with Crippen LogP contribution in [0.3, 0.4) is 0 Å². The van der Waals surface area contributed by atoms with Gasteiger partial charge >= 0.3 is 0 Å². The molecule has 34 heavy (non-hydrogen) atoms. The number of morpholine rings is 1. The Morgan fingerprint density at radius 2 is 2.00 bits per heavy atom. The summed E-state index contributed by atoms with van der Waals surface area (Å²) in [7, 11) is 0. The zero-order valence-electron chi connectivity index (χ0n) is 18.5. The highest BCUT2D eigenvalue weighted by Crippen LogP contribution is 2.27. The number of para-hydroxylation sites is 1. The molecule has 0 aliphatic carbocycles. The molecule has 1 saturated heterocycles. The lowest BCUT2D eigenvalue weighted by molar-refractivity contribution is -0.118. The number of nitrogens with one attached hydrogen (secondary N) is 2. The molecule has 8 nitrogen and oxygen atoms in total. The van der Waals surface area contributed by atoms with Crippen LogP contribution in [0, 0.1) is 5.82 Å². The fourth-order valence-electron chi connectivity index (χ4n) is 4.02. The molecule has 0 bridgehead atoms. The number of amides is 1. The summed E-state index contributed by atoms with van der Waals surface area (Å²) in [6.45, 7) is 3.07. The lowest BCUT2D eigenvalue weighted by atomic mass is 10.1. The molecule has 0 spiro atoms. The summed E-state index contributed by atoms with van der Waals surface area (Å²) in [6, 6.07) is 14.4. The van der Waals surface area contributed by atoms with E-state index >= 15 is 0 Å². The molecule has 0 unspecified atom stereocenters. The van der Waals surface area contributed by atoms with E-state index in [9.17, 15) is 9.18 Å². The van der Waals surface area contributed by atoms with Crippen molar-refractivity contribution in [3.8, 4) is 5.69 Å². The first-order valence-electron chi connectivity index (χ1n) is 11.2. The molecular formula is C24H25FN6O2S. The first kappa shape index (κ1) is 22.4. The minimum Gasteiger partial charge on any atom is -0.378 e. The number of H-pyrrole nitrogens is 1. The van der Waals surface area contributed by atoms with Gasteiger partial charge in [0.05, 0.1) is 24.7 Å². The van der Waals surface area contributed by atoms with Gasteiger partial charge in [-0.25, -0.2) is 4.39 Å². The summed E-state index contributed by atoms with van der Waals surface area (Å²) in [6.07, 6.45) is 2.72. The van der Waals surface area contributed by atoms with Crippen molar-refractivity contribution in [2.75, 3.05) is 43.5 Å². The minimum absolute atomic E-state index is 0.0912. The van der Waals surface area contributed by atoms with Crippen molar-refractivity contribution >= 4 is 34.5 Å². The van der Waals surface area contributed by atoms with E-state index in [1.165, 1.54) is 34.8 Å². The molecule has 176 valence electrons. The topological polar surface area (TPSA) is 88.1 Å². The van der Waals surface area contributed by atoms with Crippen molar-refractivity contribution in [2.45, 2.75) is 11.6 Å². The molecule has 0 radical (unpaired) electrons. The molecule has 1 amide bonds. The van der Waals surface area contributed by atoms with E-state index in [1.807, 2.05) is 30.5 Å². The van der Waals surface area contributed by atoms with Gasteiger partial charge in [0.25, 0.3) is 0 Å². The number of hydrogen-bond acceptors (Lipinski definition) is 6. The number of carbonyl (C=O) groups is 1. The molecule has 0 saturated carbocycles. The van der Waals surface area contributed by atoms with Crippen LogP contribution in [0.1, 0.15) is 5.56 Å². The quantitative estimate of drug-likeness (QED) is 0.377. The Labute approximate surface area is 200 Å². The number of anilines is 1. The van der Waals surface area contributed by atoms with E-state index in [4.69, 9.17) is 4.74 Å². The van der Waals surface area contributed by atoms with Crippen LogP contribution < -0.4 is 10.2 Å². The van der Waals surface area contributed by atoms with Gasteiger partial charge in [-0.1, -0.05) is 36.0 Å². The molecule has 1 aliphatic heterocycles. The van der Waals surface area contributed by atoms with Crippen LogP contribution >= 0.6 is 11.8 Å². The number of halogens is 1. The van der Waals surface area contributed by atoms with Gasteiger partial charge in [0, 0.05) is 36.7 Å². The van der Waals surface area contributed by atoms with Crippen molar-refractivity contribution in [2.24, 2.45) is 0 Å². The van der Waals surface area contributed by atoms with E-state index in [0.717, 1.165) is 11.9 Å². The van der Waals surface area contributed by atoms with Crippen molar-refractivity contribution in [1.29, 1.82) is 0 Å². The van der Waals surface area contributed by atoms with E-state index < -0.39 is 0 Å². The number of aromatic amines is 1. The van der Waals surface area contributed by atoms with Gasteiger partial charge < -0.3 is 19.9 Å². The number of fused-ring (bicyclic) bond motifs is 1. The van der Waals surface area contributed by atoms with Crippen LogP contribution in [0.15, 0.2) is 59.9 Å². The second-order valence-corrected chi connectivity index (χ2v) is 8.89. The zero-order valence-corrected chi connectivity index (χ0v) is 19.4. The van der Waals surface area contributed by atoms with E-state index in [1.54, 1.807) is 10.6 Å². The fourth-order valence-corrected chi connectivity index (χ4v) is 4.80. The van der Waals surface area contributed by atoms with E-state index in [2.05, 4.69) is 31.5 Å². The Hall–Kier alpha value is -3.37. The highest BCUT2D eigenvalue weighted by molar-refractivity contribution is 7.99. The smallest absolute Gasteiger partial charge is 0.232 e. The molecule has 5 rings (SSSR count). The van der Waals surface area contributed by atoms with Crippen LogP contribution in [-0.4, -0.2) is 64.3 Å². The minimum atomic E-state index is -0.342. The summed E-state index contributed by atoms with van der Waals surface area (Å²) in [5.41, 5.74) is 2.88. The highest BCUT2D eigenvalue weighted by atomic mass is 32.2. The van der Waals surface area contributed by atoms with Crippen LogP contribution in [0.5, 0.6) is 0 Å². The number of hydrogen-bond donors (Lipinski definition) is 2. The van der Waals surface area contributed by atoms with Gasteiger partial charge in [0.2, 0.25) is 11.9 Å². The largest absolute Gasteiger partial charge is 0.378 e. The Kier molecular flexibility index (Phi) is 6.77. The Bertz CT molecular complexity index is 1280. The molecular weight excluding hydrogens is 455 g/mol. The maximum atomic E-state index is 14.0. The summed E-state index contributed by atoms with van der Waals surface area (Å²) in [4.78, 5) is 17.9. The number of ether oxygens (including phenoxy) is 1. The zero-order chi connectivity index (χ0) is 23.3. The van der Waals surface area contributed by atoms with Gasteiger partial charge in [0.1, 0.15) is 5.82 Å². The maximum absolute atomic E-state index is 14.0. The third-order valence-electron chi connectivity index (χ3n) is 5.70. The Balaban J connectivity index is 1.24. The second-order valence-electron chi connectivity index (χ2n) is 7.95. The lowest BCUT2D eigenvalue weighted by Gasteiger charge is -2.27. The van der Waals surface area contributed by atoms with Gasteiger partial charge in [0.15, 0.2) is 5.16 Å². The number of benzene rings is 2. The molecule has 3 heterocycles. The summed E-state index contributed by atoms with van der Waals surface area (Å²) in [5.74, 6) is 0.373. The van der Waals surface area contributed by atoms with E-state index in [-0.39, 0.29) is 17.5 Å². The second kappa shape index (κ2) is 10.3. The predicted octanol–water partition coefficient (Wildman–Crippen LogP) is 3.18. The van der Waals surface area contributed by atoms with E-state index in [0.29, 0.717) is 49.6 Å². The van der Waals surface area contributed by atoms with Crippen LogP contribution in [0.4, 0.5) is 10.3 Å². The number of carbonyl (C=O) groups excluding carboxylic acids is 1. The molecule has 0 atom stereocenters. The lowest BCUT2D eigenvalue weighted by Crippen LogP contribution is -2.37. The normalized spacial score (nSPS) is 14.0. The third kappa shape index (κ3) is 4.92. The Morgan fingerprint density at radius 1 is 1.15 bits per heavy atom. The highest BCUT2D eigenvalue weighted by Gasteiger charge is 2.22. The molecule has 4 aromatic rings. The van der Waals surface area contributed by atoms with Crippen molar-refractivity contribution < 1.29 is 13.9 Å². The third-order valence-corrected chi connectivity index (χ3v) is 6.63. The summed E-state index contributed by atoms with van der Waals surface area (Å²) >= 11 is 1.28. The number of aromatic nitrogens is 4. The van der Waals surface area contributed by atoms with Gasteiger partial charge in [-0.2, -0.15) is 0 Å². The maximum Gasteiger partial charge on any atom is 0.232 e. The summed E-state index contributed by atoms with van der Waals surface area (Å²) < 4.78 is 21.2. The molecule has 1 fully saturated rings. The monoisotopic (exact) mass is 480 g/mol. The number of rotatable bonds is 8. The van der Waals surface area contributed by atoms with Crippen molar-refractivity contribution in [3.63, 3.8) is 0 Å². The van der Waals surface area contributed by atoms with Gasteiger partial charge in [-0.3, -0.25) is 9.36 Å². The van der Waals surface area contributed by atoms with Crippen molar-refractivity contribution in [3.05, 3.63) is 66.1 Å². The summed E-state index contributed by atoms with van der Waals surface area (Å²) in [5, 5.41) is 13.4. The predicted molar refractivity (Wildman–Crippen MR) is 130 cm³/mol.